The fourth-order valence-electron chi connectivity index (χ4n) is 1.72. The van der Waals surface area contributed by atoms with Gasteiger partial charge in [0.05, 0.1) is 5.52 Å². The predicted octanol–water partition coefficient (Wildman–Crippen LogP) is 2.82. The van der Waals surface area contributed by atoms with Crippen molar-refractivity contribution in [1.29, 1.82) is 0 Å². The highest BCUT2D eigenvalue weighted by Crippen LogP contribution is 2.20. The van der Waals surface area contributed by atoms with E-state index in [1.807, 2.05) is 19.3 Å². The molecule has 2 aromatic heterocycles. The van der Waals surface area contributed by atoms with Crippen LogP contribution in [0.25, 0.3) is 17.0 Å². The first kappa shape index (κ1) is 10.7. The fourth-order valence-corrected chi connectivity index (χ4v) is 1.72. The predicted molar refractivity (Wildman–Crippen MR) is 69.0 cm³/mol. The first-order chi connectivity index (χ1) is 7.58. The van der Waals surface area contributed by atoms with E-state index in [9.17, 15) is 0 Å². The van der Waals surface area contributed by atoms with Gasteiger partial charge in [0.1, 0.15) is 5.82 Å². The van der Waals surface area contributed by atoms with Crippen molar-refractivity contribution in [1.82, 2.24) is 9.55 Å². The van der Waals surface area contributed by atoms with Gasteiger partial charge in [-0.1, -0.05) is 19.9 Å². The van der Waals surface area contributed by atoms with E-state index in [0.29, 0.717) is 11.7 Å². The third-order valence-electron chi connectivity index (χ3n) is 2.64. The van der Waals surface area contributed by atoms with Gasteiger partial charge >= 0.3 is 0 Å². The topological polar surface area (TPSA) is 43.8 Å². The maximum absolute atomic E-state index is 5.68. The zero-order valence-corrected chi connectivity index (χ0v) is 9.94. The minimum absolute atomic E-state index is 0.557. The molecule has 2 N–H and O–H groups in total. The van der Waals surface area contributed by atoms with Gasteiger partial charge < -0.3 is 10.3 Å². The number of nitrogens with two attached hydrogens (primary N) is 1. The summed E-state index contributed by atoms with van der Waals surface area (Å²) in [4.78, 5) is 4.10. The quantitative estimate of drug-likeness (QED) is 0.837. The molecule has 3 heteroatoms. The summed E-state index contributed by atoms with van der Waals surface area (Å²) in [5, 5.41) is 1.13. The Morgan fingerprint density at radius 2 is 2.12 bits per heavy atom. The van der Waals surface area contributed by atoms with Crippen LogP contribution in [0.15, 0.2) is 24.4 Å². The molecule has 0 aliphatic heterocycles. The molecular formula is C13H17N3. The fraction of sp³-hybridized carbons (Fsp3) is 0.308. The smallest absolute Gasteiger partial charge is 0.125 e. The number of nitrogen functional groups attached to an aromatic ring is 1. The molecule has 3 nitrogen and oxygen atoms in total. The first-order valence-electron chi connectivity index (χ1n) is 5.47. The van der Waals surface area contributed by atoms with Gasteiger partial charge in [0.25, 0.3) is 0 Å². The van der Waals surface area contributed by atoms with E-state index in [-0.39, 0.29) is 0 Å². The van der Waals surface area contributed by atoms with E-state index in [1.165, 1.54) is 5.69 Å². The molecule has 0 amide bonds. The molecule has 0 radical (unpaired) electrons. The monoisotopic (exact) mass is 215 g/mol. The Kier molecular flexibility index (Phi) is 2.69. The number of aromatic nitrogens is 2. The van der Waals surface area contributed by atoms with Gasteiger partial charge in [-0.15, -0.1) is 0 Å². The molecule has 0 spiro atoms. The largest absolute Gasteiger partial charge is 0.384 e. The highest BCUT2D eigenvalue weighted by molar-refractivity contribution is 5.84. The maximum atomic E-state index is 5.68. The van der Waals surface area contributed by atoms with Crippen LogP contribution in [0, 0.1) is 5.92 Å². The zero-order chi connectivity index (χ0) is 11.7. The molecule has 0 aliphatic rings. The average molecular weight is 215 g/mol. The molecular weight excluding hydrogens is 198 g/mol. The van der Waals surface area contributed by atoms with Crippen molar-refractivity contribution in [3.8, 4) is 0 Å². The lowest BCUT2D eigenvalue weighted by molar-refractivity contribution is 0.834. The van der Waals surface area contributed by atoms with Crippen LogP contribution >= 0.6 is 0 Å². The van der Waals surface area contributed by atoms with Crippen molar-refractivity contribution >= 4 is 22.8 Å². The Morgan fingerprint density at radius 1 is 1.38 bits per heavy atom. The molecule has 0 aromatic carbocycles. The molecule has 0 saturated heterocycles. The second-order valence-electron chi connectivity index (χ2n) is 4.40. The number of allylic oxidation sites excluding steroid dienone is 1. The van der Waals surface area contributed by atoms with Crippen LogP contribution in [0.3, 0.4) is 0 Å². The standard InChI is InChI=1S/C13H17N3/c1-9(2)4-5-11-6-10-8-15-13(14)7-12(10)16(11)3/h4-9H,1-3H3,(H2,14,15)/b5-4+. The average Bonchev–Trinajstić information content (AvgIpc) is 2.53. The lowest BCUT2D eigenvalue weighted by atomic mass is 10.2. The van der Waals surface area contributed by atoms with Gasteiger partial charge in [-0.05, 0) is 18.1 Å². The summed E-state index contributed by atoms with van der Waals surface area (Å²) < 4.78 is 2.13. The molecule has 0 unspecified atom stereocenters. The van der Waals surface area contributed by atoms with Gasteiger partial charge in [-0.25, -0.2) is 4.98 Å². The lowest BCUT2D eigenvalue weighted by Gasteiger charge is -2.00. The van der Waals surface area contributed by atoms with E-state index in [2.05, 4.69) is 41.6 Å². The Balaban J connectivity index is 2.52. The van der Waals surface area contributed by atoms with E-state index in [1.54, 1.807) is 0 Å². The van der Waals surface area contributed by atoms with Crippen molar-refractivity contribution in [2.45, 2.75) is 13.8 Å². The molecule has 2 rings (SSSR count). The summed E-state index contributed by atoms with van der Waals surface area (Å²) in [6, 6.07) is 4.03. The van der Waals surface area contributed by atoms with E-state index in [4.69, 9.17) is 5.73 Å². The molecule has 0 bridgehead atoms. The molecule has 0 aliphatic carbocycles. The van der Waals surface area contributed by atoms with Crippen LogP contribution in [0.5, 0.6) is 0 Å². The molecule has 0 atom stereocenters. The molecule has 2 aromatic rings. The summed E-state index contributed by atoms with van der Waals surface area (Å²) >= 11 is 0. The van der Waals surface area contributed by atoms with E-state index in [0.717, 1.165) is 10.9 Å². The number of rotatable bonds is 2. The third-order valence-corrected chi connectivity index (χ3v) is 2.64. The summed E-state index contributed by atoms with van der Waals surface area (Å²) in [6.45, 7) is 4.33. The highest BCUT2D eigenvalue weighted by atomic mass is 15.0. The first-order valence-corrected chi connectivity index (χ1v) is 5.47. The van der Waals surface area contributed by atoms with E-state index >= 15 is 0 Å². The van der Waals surface area contributed by atoms with Gasteiger partial charge in [-0.3, -0.25) is 0 Å². The molecule has 16 heavy (non-hydrogen) atoms. The Labute approximate surface area is 95.6 Å². The third kappa shape index (κ3) is 1.94. The molecule has 0 saturated carbocycles. The highest BCUT2D eigenvalue weighted by Gasteiger charge is 2.04. The minimum Gasteiger partial charge on any atom is -0.384 e. The van der Waals surface area contributed by atoms with Crippen molar-refractivity contribution in [3.63, 3.8) is 0 Å². The van der Waals surface area contributed by atoms with Crippen molar-refractivity contribution in [2.75, 3.05) is 5.73 Å². The Morgan fingerprint density at radius 3 is 2.81 bits per heavy atom. The van der Waals surface area contributed by atoms with Crippen LogP contribution in [-0.2, 0) is 7.05 Å². The lowest BCUT2D eigenvalue weighted by Crippen LogP contribution is -1.93. The number of hydrogen-bond donors (Lipinski definition) is 1. The van der Waals surface area contributed by atoms with Crippen molar-refractivity contribution in [2.24, 2.45) is 13.0 Å². The summed E-state index contributed by atoms with van der Waals surface area (Å²) in [7, 11) is 2.04. The molecule has 0 fully saturated rings. The van der Waals surface area contributed by atoms with Gasteiger partial charge in [0, 0.05) is 30.4 Å². The van der Waals surface area contributed by atoms with E-state index < -0.39 is 0 Å². The van der Waals surface area contributed by atoms with Crippen LogP contribution in [0.4, 0.5) is 5.82 Å². The van der Waals surface area contributed by atoms with Crippen molar-refractivity contribution < 1.29 is 0 Å². The summed E-state index contributed by atoms with van der Waals surface area (Å²) in [5.74, 6) is 1.12. The number of pyridine rings is 1. The molecule has 2 heterocycles. The maximum Gasteiger partial charge on any atom is 0.125 e. The minimum atomic E-state index is 0.557. The number of fused-ring (bicyclic) bond motifs is 1. The Bertz CT molecular complexity index is 535. The van der Waals surface area contributed by atoms with Crippen LogP contribution in [0.1, 0.15) is 19.5 Å². The summed E-state index contributed by atoms with van der Waals surface area (Å²) in [6.07, 6.45) is 6.14. The SMILES string of the molecule is CC(C)/C=C/c1cc2cnc(N)cc2n1C. The van der Waals surface area contributed by atoms with Crippen molar-refractivity contribution in [3.05, 3.63) is 30.1 Å². The number of aryl methyl sites for hydroxylation is 1. The van der Waals surface area contributed by atoms with Gasteiger partial charge in [0.15, 0.2) is 0 Å². The van der Waals surface area contributed by atoms with Gasteiger partial charge in [0.2, 0.25) is 0 Å². The van der Waals surface area contributed by atoms with Gasteiger partial charge in [-0.2, -0.15) is 0 Å². The summed E-state index contributed by atoms with van der Waals surface area (Å²) in [5.41, 5.74) is 7.98. The number of hydrogen-bond acceptors (Lipinski definition) is 2. The van der Waals surface area contributed by atoms with Crippen LogP contribution < -0.4 is 5.73 Å². The van der Waals surface area contributed by atoms with Crippen LogP contribution in [-0.4, -0.2) is 9.55 Å². The second-order valence-corrected chi connectivity index (χ2v) is 4.40. The number of nitrogens with zero attached hydrogens (tertiary/aromatic N) is 2. The zero-order valence-electron chi connectivity index (χ0n) is 9.94. The normalized spacial score (nSPS) is 12.0. The molecule has 84 valence electrons. The van der Waals surface area contributed by atoms with Crippen LogP contribution in [0.2, 0.25) is 0 Å². The Hall–Kier alpha value is -1.77. The number of anilines is 1. The second kappa shape index (κ2) is 4.00.